The van der Waals surface area contributed by atoms with Crippen molar-refractivity contribution in [3.63, 3.8) is 0 Å². The molecule has 2 rings (SSSR count). The summed E-state index contributed by atoms with van der Waals surface area (Å²) in [5, 5.41) is 2.62. The second kappa shape index (κ2) is 7.02. The van der Waals surface area contributed by atoms with Gasteiger partial charge in [0.15, 0.2) is 0 Å². The Morgan fingerprint density at radius 1 is 1.17 bits per heavy atom. The third kappa shape index (κ3) is 5.36. The summed E-state index contributed by atoms with van der Waals surface area (Å²) >= 11 is 0. The van der Waals surface area contributed by atoms with E-state index in [0.717, 1.165) is 0 Å². The van der Waals surface area contributed by atoms with Crippen molar-refractivity contribution in [1.82, 2.24) is 4.72 Å². The first-order valence-electron chi connectivity index (χ1n) is 7.32. The van der Waals surface area contributed by atoms with Crippen molar-refractivity contribution in [1.29, 1.82) is 0 Å². The Kier molecular flexibility index (Phi) is 5.26. The van der Waals surface area contributed by atoms with Gasteiger partial charge in [0.25, 0.3) is 0 Å². The van der Waals surface area contributed by atoms with E-state index in [1.54, 1.807) is 45.0 Å². The van der Waals surface area contributed by atoms with Gasteiger partial charge in [0.05, 0.1) is 11.2 Å². The highest BCUT2D eigenvalue weighted by Crippen LogP contribution is 2.17. The molecule has 6 nitrogen and oxygen atoms in total. The Hall–Kier alpha value is -2.38. The van der Waals surface area contributed by atoms with Crippen molar-refractivity contribution >= 4 is 27.7 Å². The molecule has 2 aromatic rings. The predicted molar refractivity (Wildman–Crippen MR) is 92.9 cm³/mol. The second-order valence-electron chi connectivity index (χ2n) is 6.22. The van der Waals surface area contributed by atoms with Gasteiger partial charge in [-0.25, -0.2) is 13.1 Å². The quantitative estimate of drug-likeness (QED) is 0.813. The number of carbonyl (C=O) groups is 1. The zero-order valence-corrected chi connectivity index (χ0v) is 14.6. The number of rotatable bonds is 5. The van der Waals surface area contributed by atoms with Gasteiger partial charge in [-0.1, -0.05) is 6.07 Å². The number of benzene rings is 1. The number of furan rings is 1. The van der Waals surface area contributed by atoms with E-state index in [4.69, 9.17) is 4.42 Å². The fourth-order valence-corrected chi connectivity index (χ4v) is 3.39. The van der Waals surface area contributed by atoms with Crippen LogP contribution < -0.4 is 10.0 Å². The van der Waals surface area contributed by atoms with E-state index in [9.17, 15) is 13.2 Å². The Morgan fingerprint density at radius 3 is 2.54 bits per heavy atom. The summed E-state index contributed by atoms with van der Waals surface area (Å²) in [6.45, 7) is 5.28. The van der Waals surface area contributed by atoms with Crippen LogP contribution in [0.15, 0.2) is 58.1 Å². The van der Waals surface area contributed by atoms with Gasteiger partial charge in [0, 0.05) is 17.3 Å². The monoisotopic (exact) mass is 348 g/mol. The molecule has 24 heavy (non-hydrogen) atoms. The summed E-state index contributed by atoms with van der Waals surface area (Å²) in [7, 11) is -3.66. The number of hydrogen-bond donors (Lipinski definition) is 2. The second-order valence-corrected chi connectivity index (χ2v) is 7.90. The first-order chi connectivity index (χ1) is 11.2. The van der Waals surface area contributed by atoms with Crippen LogP contribution in [0.1, 0.15) is 26.5 Å². The van der Waals surface area contributed by atoms with Gasteiger partial charge in [-0.15, -0.1) is 0 Å². The smallest absolute Gasteiger partial charge is 0.248 e. The molecule has 0 saturated heterocycles. The summed E-state index contributed by atoms with van der Waals surface area (Å²) in [6, 6.07) is 9.51. The maximum absolute atomic E-state index is 12.3. The fraction of sp³-hybridized carbons (Fsp3) is 0.235. The number of carbonyl (C=O) groups excluding carboxylic acids is 1. The molecule has 0 unspecified atom stereocenters. The highest BCUT2D eigenvalue weighted by atomic mass is 32.2. The van der Waals surface area contributed by atoms with Gasteiger partial charge in [-0.2, -0.15) is 0 Å². The lowest BCUT2D eigenvalue weighted by Gasteiger charge is -2.20. The van der Waals surface area contributed by atoms with Crippen LogP contribution >= 0.6 is 0 Å². The summed E-state index contributed by atoms with van der Waals surface area (Å²) < 4.78 is 32.3. The average Bonchev–Trinajstić information content (AvgIpc) is 2.96. The Balaban J connectivity index is 2.11. The van der Waals surface area contributed by atoms with E-state index in [2.05, 4.69) is 10.0 Å². The molecule has 1 aromatic heterocycles. The van der Waals surface area contributed by atoms with Gasteiger partial charge in [0.2, 0.25) is 15.9 Å². The number of nitrogens with one attached hydrogen (secondary N) is 2. The minimum atomic E-state index is -3.66. The van der Waals surface area contributed by atoms with Crippen LogP contribution in [0, 0.1) is 0 Å². The van der Waals surface area contributed by atoms with Crippen LogP contribution in [0.25, 0.3) is 6.08 Å². The lowest BCUT2D eigenvalue weighted by molar-refractivity contribution is -0.111. The molecule has 0 bridgehead atoms. The van der Waals surface area contributed by atoms with E-state index >= 15 is 0 Å². The summed E-state index contributed by atoms with van der Waals surface area (Å²) in [6.07, 6.45) is 4.35. The molecule has 0 fully saturated rings. The van der Waals surface area contributed by atoms with Crippen molar-refractivity contribution in [3.8, 4) is 0 Å². The molecule has 1 heterocycles. The molecular formula is C17H20N2O4S. The van der Waals surface area contributed by atoms with Crippen molar-refractivity contribution in [3.05, 3.63) is 54.5 Å². The van der Waals surface area contributed by atoms with Crippen LogP contribution in [-0.4, -0.2) is 19.9 Å². The minimum absolute atomic E-state index is 0.0882. The number of hydrogen-bond acceptors (Lipinski definition) is 4. The first-order valence-corrected chi connectivity index (χ1v) is 8.81. The molecule has 7 heteroatoms. The lowest BCUT2D eigenvalue weighted by atomic mass is 10.1. The van der Waals surface area contributed by atoms with Crippen molar-refractivity contribution < 1.29 is 17.6 Å². The topological polar surface area (TPSA) is 88.4 Å². The zero-order valence-electron chi connectivity index (χ0n) is 13.7. The van der Waals surface area contributed by atoms with E-state index in [1.807, 2.05) is 0 Å². The van der Waals surface area contributed by atoms with Crippen LogP contribution in [-0.2, 0) is 14.8 Å². The Morgan fingerprint density at radius 2 is 1.92 bits per heavy atom. The summed E-state index contributed by atoms with van der Waals surface area (Å²) in [5.74, 6) is 0.167. The number of anilines is 1. The van der Waals surface area contributed by atoms with Crippen molar-refractivity contribution in [2.75, 3.05) is 5.32 Å². The molecule has 0 aliphatic rings. The van der Waals surface area contributed by atoms with E-state index < -0.39 is 15.6 Å². The predicted octanol–water partition coefficient (Wildman–Crippen LogP) is 3.01. The molecule has 0 spiro atoms. The fourth-order valence-electron chi connectivity index (χ4n) is 1.93. The highest BCUT2D eigenvalue weighted by molar-refractivity contribution is 7.89. The largest absolute Gasteiger partial charge is 0.465 e. The molecule has 0 atom stereocenters. The lowest BCUT2D eigenvalue weighted by Crippen LogP contribution is -2.40. The molecule has 1 aromatic carbocycles. The molecule has 0 saturated carbocycles. The summed E-state index contributed by atoms with van der Waals surface area (Å²) in [4.78, 5) is 12.0. The van der Waals surface area contributed by atoms with Gasteiger partial charge >= 0.3 is 0 Å². The molecular weight excluding hydrogens is 328 g/mol. The summed E-state index contributed by atoms with van der Waals surface area (Å²) in [5.41, 5.74) is -0.204. The van der Waals surface area contributed by atoms with E-state index in [0.29, 0.717) is 11.4 Å². The third-order valence-corrected chi connectivity index (χ3v) is 4.55. The minimum Gasteiger partial charge on any atom is -0.465 e. The molecule has 1 amide bonds. The number of amides is 1. The maximum Gasteiger partial charge on any atom is 0.248 e. The average molecular weight is 348 g/mol. The van der Waals surface area contributed by atoms with Crippen molar-refractivity contribution in [2.45, 2.75) is 31.2 Å². The van der Waals surface area contributed by atoms with Crippen LogP contribution in [0.4, 0.5) is 5.69 Å². The molecule has 0 radical (unpaired) electrons. The molecule has 0 aliphatic heterocycles. The highest BCUT2D eigenvalue weighted by Gasteiger charge is 2.22. The van der Waals surface area contributed by atoms with Gasteiger partial charge in [-0.05, 0) is 57.2 Å². The van der Waals surface area contributed by atoms with Crippen LogP contribution in [0.3, 0.4) is 0 Å². The maximum atomic E-state index is 12.3. The normalized spacial score (nSPS) is 12.5. The van der Waals surface area contributed by atoms with E-state index in [1.165, 1.54) is 30.5 Å². The van der Waals surface area contributed by atoms with Crippen molar-refractivity contribution in [2.24, 2.45) is 0 Å². The van der Waals surface area contributed by atoms with Crippen LogP contribution in [0.2, 0.25) is 0 Å². The standard InChI is InChI=1S/C17H20N2O4S/c1-17(2,3)19-24(21,22)15-8-4-6-13(12-15)18-16(20)10-9-14-7-5-11-23-14/h4-12,19H,1-3H3,(H,18,20)/b10-9+. The Labute approximate surface area is 141 Å². The number of sulfonamides is 1. The first kappa shape index (κ1) is 18.0. The van der Waals surface area contributed by atoms with Gasteiger partial charge in [0.1, 0.15) is 5.76 Å². The SMILES string of the molecule is CC(C)(C)NS(=O)(=O)c1cccc(NC(=O)/C=C/c2ccco2)c1. The molecule has 128 valence electrons. The van der Waals surface area contributed by atoms with Crippen LogP contribution in [0.5, 0.6) is 0 Å². The van der Waals surface area contributed by atoms with E-state index in [-0.39, 0.29) is 10.8 Å². The zero-order chi connectivity index (χ0) is 17.8. The van der Waals surface area contributed by atoms with Gasteiger partial charge in [-0.3, -0.25) is 4.79 Å². The molecule has 2 N–H and O–H groups in total. The third-order valence-electron chi connectivity index (χ3n) is 2.79. The molecule has 0 aliphatic carbocycles. The van der Waals surface area contributed by atoms with Gasteiger partial charge < -0.3 is 9.73 Å². The Bertz CT molecular complexity index is 832.